The number of aromatic nitrogens is 2. The van der Waals surface area contributed by atoms with Crippen LogP contribution in [0.25, 0.3) is 22.4 Å². The number of aliphatic hydroxyl groups is 1. The second-order valence-corrected chi connectivity index (χ2v) is 11.8. The van der Waals surface area contributed by atoms with Crippen LogP contribution in [0.1, 0.15) is 48.0 Å². The number of hydrogen-bond donors (Lipinski definition) is 4. The molecule has 2 aromatic carbocycles. The molecule has 0 fully saturated rings. The number of hydrogen-bond acceptors (Lipinski definition) is 8. The van der Waals surface area contributed by atoms with Gasteiger partial charge in [-0.15, -0.1) is 0 Å². The first-order valence-electron chi connectivity index (χ1n) is 14.4. The molecule has 10 nitrogen and oxygen atoms in total. The van der Waals surface area contributed by atoms with E-state index in [1.807, 2.05) is 70.2 Å². The number of aliphatic hydroxyl groups excluding tert-OH is 1. The van der Waals surface area contributed by atoms with Crippen molar-refractivity contribution in [1.29, 1.82) is 0 Å². The van der Waals surface area contributed by atoms with E-state index in [9.17, 15) is 9.59 Å². The highest BCUT2D eigenvalue weighted by atomic mass is 35.5. The molecule has 11 heteroatoms. The van der Waals surface area contributed by atoms with Crippen molar-refractivity contribution >= 4 is 29.3 Å². The lowest BCUT2D eigenvalue weighted by Gasteiger charge is -2.19. The molecule has 0 atom stereocenters. The Bertz CT molecular complexity index is 1650. The highest BCUT2D eigenvalue weighted by Crippen LogP contribution is 2.39. The Morgan fingerprint density at radius 1 is 1.02 bits per heavy atom. The molecule has 4 aromatic rings. The molecular weight excluding hydrogens is 594 g/mol. The molecule has 0 unspecified atom stereocenters. The Morgan fingerprint density at radius 3 is 2.51 bits per heavy atom. The summed E-state index contributed by atoms with van der Waals surface area (Å²) in [7, 11) is 1.61. The van der Waals surface area contributed by atoms with Crippen molar-refractivity contribution in [3.8, 4) is 28.1 Å². The Morgan fingerprint density at radius 2 is 1.82 bits per heavy atom. The summed E-state index contributed by atoms with van der Waals surface area (Å²) in [5, 5.41) is 18.3. The third kappa shape index (κ3) is 8.78. The number of rotatable bonds is 11. The van der Waals surface area contributed by atoms with E-state index in [2.05, 4.69) is 25.9 Å². The molecule has 45 heavy (non-hydrogen) atoms. The van der Waals surface area contributed by atoms with Crippen LogP contribution in [0.2, 0.25) is 5.02 Å². The third-order valence-corrected chi connectivity index (χ3v) is 7.21. The van der Waals surface area contributed by atoms with Crippen LogP contribution in [-0.4, -0.2) is 52.9 Å². The molecular formula is C34H38ClN5O5. The second-order valence-electron chi connectivity index (χ2n) is 11.4. The van der Waals surface area contributed by atoms with Crippen molar-refractivity contribution in [3.63, 3.8) is 0 Å². The van der Waals surface area contributed by atoms with Gasteiger partial charge in [0.1, 0.15) is 18.1 Å². The van der Waals surface area contributed by atoms with Crippen molar-refractivity contribution in [3.05, 3.63) is 94.4 Å². The van der Waals surface area contributed by atoms with Crippen LogP contribution in [0.4, 0.5) is 10.5 Å². The molecule has 0 aliphatic heterocycles. The van der Waals surface area contributed by atoms with Crippen LogP contribution in [0.15, 0.2) is 67.0 Å². The Labute approximate surface area is 268 Å². The zero-order chi connectivity index (χ0) is 32.6. The van der Waals surface area contributed by atoms with Gasteiger partial charge in [0.05, 0.1) is 24.4 Å². The second kappa shape index (κ2) is 15.0. The van der Waals surface area contributed by atoms with Crippen molar-refractivity contribution in [2.45, 2.75) is 46.4 Å². The van der Waals surface area contributed by atoms with E-state index in [4.69, 9.17) is 26.2 Å². The number of nitrogens with zero attached hydrogens (tertiary/aromatic N) is 2. The van der Waals surface area contributed by atoms with Crippen LogP contribution in [-0.2, 0) is 17.9 Å². The summed E-state index contributed by atoms with van der Waals surface area (Å²) in [6.45, 7) is 8.62. The van der Waals surface area contributed by atoms with Crippen molar-refractivity contribution in [1.82, 2.24) is 20.6 Å². The zero-order valence-electron chi connectivity index (χ0n) is 26.0. The molecule has 0 spiro atoms. The molecule has 2 heterocycles. The minimum atomic E-state index is -0.526. The Hall–Kier alpha value is -4.51. The van der Waals surface area contributed by atoms with Crippen LogP contribution in [0.3, 0.4) is 0 Å². The number of amides is 2. The van der Waals surface area contributed by atoms with Gasteiger partial charge in [0, 0.05) is 59.0 Å². The number of methoxy groups -OCH3 is 1. The summed E-state index contributed by atoms with van der Waals surface area (Å²) in [5.74, 6) is 0.303. The Balaban J connectivity index is 1.51. The fraction of sp³-hybridized carbons (Fsp3) is 0.294. The van der Waals surface area contributed by atoms with Gasteiger partial charge in [0.2, 0.25) is 0 Å². The lowest BCUT2D eigenvalue weighted by atomic mass is 9.97. The number of ether oxygens (including phenoxy) is 2. The topological polar surface area (TPSA) is 135 Å². The van der Waals surface area contributed by atoms with E-state index < -0.39 is 11.6 Å². The number of carbonyl (C=O) groups excluding carboxylic acids is 2. The molecule has 2 amide bonds. The largest absolute Gasteiger partial charge is 0.496 e. The van der Waals surface area contributed by atoms with Gasteiger partial charge in [0.15, 0.2) is 0 Å². The highest BCUT2D eigenvalue weighted by molar-refractivity contribution is 6.35. The van der Waals surface area contributed by atoms with Gasteiger partial charge < -0.3 is 30.5 Å². The molecule has 236 valence electrons. The van der Waals surface area contributed by atoms with Crippen LogP contribution in [0.5, 0.6) is 5.75 Å². The third-order valence-electron chi connectivity index (χ3n) is 6.83. The van der Waals surface area contributed by atoms with Gasteiger partial charge in [-0.2, -0.15) is 0 Å². The number of carbonyl (C=O) groups is 2. The number of alkyl carbamates (subject to hydrolysis) is 1. The number of anilines is 1. The smallest absolute Gasteiger partial charge is 0.407 e. The van der Waals surface area contributed by atoms with Gasteiger partial charge in [-0.3, -0.25) is 14.8 Å². The molecule has 0 aliphatic carbocycles. The van der Waals surface area contributed by atoms with Gasteiger partial charge in [-0.05, 0) is 63.1 Å². The summed E-state index contributed by atoms with van der Waals surface area (Å²) in [4.78, 5) is 33.8. The van der Waals surface area contributed by atoms with E-state index in [1.165, 1.54) is 6.20 Å². The fourth-order valence-electron chi connectivity index (χ4n) is 4.58. The number of pyridine rings is 2. The normalized spacial score (nSPS) is 11.2. The maximum atomic E-state index is 13.1. The first-order chi connectivity index (χ1) is 21.5. The maximum Gasteiger partial charge on any atom is 0.407 e. The van der Waals surface area contributed by atoms with Gasteiger partial charge in [-0.25, -0.2) is 4.79 Å². The molecule has 0 bridgehead atoms. The van der Waals surface area contributed by atoms with Crippen molar-refractivity contribution < 1.29 is 24.2 Å². The van der Waals surface area contributed by atoms with E-state index in [0.29, 0.717) is 40.8 Å². The van der Waals surface area contributed by atoms with Crippen LogP contribution < -0.4 is 20.7 Å². The van der Waals surface area contributed by atoms with Crippen LogP contribution >= 0.6 is 11.6 Å². The summed E-state index contributed by atoms with van der Waals surface area (Å²) in [6.07, 6.45) is 2.68. The van der Waals surface area contributed by atoms with E-state index in [-0.39, 0.29) is 24.8 Å². The quantitative estimate of drug-likeness (QED) is 0.145. The summed E-state index contributed by atoms with van der Waals surface area (Å²) >= 11 is 6.96. The zero-order valence-corrected chi connectivity index (χ0v) is 26.8. The lowest BCUT2D eigenvalue weighted by Crippen LogP contribution is -2.40. The minimum absolute atomic E-state index is 0.0331. The molecule has 0 saturated carbocycles. The van der Waals surface area contributed by atoms with E-state index >= 15 is 0 Å². The predicted molar refractivity (Wildman–Crippen MR) is 175 cm³/mol. The maximum absolute atomic E-state index is 13.1. The summed E-state index contributed by atoms with van der Waals surface area (Å²) < 4.78 is 10.8. The summed E-state index contributed by atoms with van der Waals surface area (Å²) in [5.41, 5.74) is 5.84. The number of benzene rings is 2. The van der Waals surface area contributed by atoms with Crippen molar-refractivity contribution in [2.24, 2.45) is 0 Å². The molecule has 2 aromatic heterocycles. The Kier molecular flexibility index (Phi) is 11.1. The van der Waals surface area contributed by atoms with Crippen molar-refractivity contribution in [2.75, 3.05) is 25.6 Å². The van der Waals surface area contributed by atoms with Gasteiger partial charge >= 0.3 is 6.09 Å². The average Bonchev–Trinajstić information content (AvgIpc) is 3.01. The molecule has 0 radical (unpaired) electrons. The fourth-order valence-corrected chi connectivity index (χ4v) is 4.90. The first-order valence-corrected chi connectivity index (χ1v) is 14.8. The van der Waals surface area contributed by atoms with Gasteiger partial charge in [-0.1, -0.05) is 41.9 Å². The standard InChI is InChI=1S/C34H38ClN5O5/c1-21-25(26-13-14-37-31(30(26)35)23-10-11-24(19-36-15-16-41)29(17-23)44-5)7-6-8-27(21)39-32(42)28-12-9-22(18-38-28)20-45-33(43)40-34(2,3)4/h6-14,17-18,36,41H,15-16,19-20H2,1-5H3,(H,39,42)(H,40,43). The lowest BCUT2D eigenvalue weighted by molar-refractivity contribution is 0.102. The molecule has 0 saturated heterocycles. The molecule has 4 N–H and O–H groups in total. The average molecular weight is 632 g/mol. The van der Waals surface area contributed by atoms with Gasteiger partial charge in [0.25, 0.3) is 5.91 Å². The SMILES string of the molecule is COc1cc(-c2nccc(-c3cccc(NC(=O)c4ccc(COC(=O)NC(C)(C)C)cn4)c3C)c2Cl)ccc1CNCCO. The minimum Gasteiger partial charge on any atom is -0.496 e. The molecule has 0 aliphatic rings. The molecule has 4 rings (SSSR count). The summed E-state index contributed by atoms with van der Waals surface area (Å²) in [6, 6.07) is 16.5. The monoisotopic (exact) mass is 631 g/mol. The highest BCUT2D eigenvalue weighted by Gasteiger charge is 2.18. The number of nitrogens with one attached hydrogen (secondary N) is 3. The first kappa shape index (κ1) is 33.4. The number of halogens is 1. The van der Waals surface area contributed by atoms with E-state index in [0.717, 1.165) is 27.8 Å². The van der Waals surface area contributed by atoms with Crippen LogP contribution in [0, 0.1) is 6.92 Å². The van der Waals surface area contributed by atoms with E-state index in [1.54, 1.807) is 25.4 Å². The predicted octanol–water partition coefficient (Wildman–Crippen LogP) is 6.14.